The Bertz CT molecular complexity index is 268. The van der Waals surface area contributed by atoms with Crippen molar-refractivity contribution in [1.29, 1.82) is 0 Å². The highest BCUT2D eigenvalue weighted by Crippen LogP contribution is 2.34. The van der Waals surface area contributed by atoms with Gasteiger partial charge in [-0.3, -0.25) is 0 Å². The fourth-order valence-electron chi connectivity index (χ4n) is 2.57. The molecular formula is C13H19N. The summed E-state index contributed by atoms with van der Waals surface area (Å²) < 4.78 is 0. The van der Waals surface area contributed by atoms with Crippen molar-refractivity contribution in [2.24, 2.45) is 0 Å². The molecule has 0 unspecified atom stereocenters. The molecule has 1 aliphatic rings. The van der Waals surface area contributed by atoms with Gasteiger partial charge in [-0.15, -0.1) is 0 Å². The Morgan fingerprint density at radius 1 is 1.21 bits per heavy atom. The van der Waals surface area contributed by atoms with E-state index in [-0.39, 0.29) is 0 Å². The van der Waals surface area contributed by atoms with Gasteiger partial charge in [0.25, 0.3) is 0 Å². The van der Waals surface area contributed by atoms with E-state index in [9.17, 15) is 0 Å². The van der Waals surface area contributed by atoms with Crippen LogP contribution in [0.25, 0.3) is 0 Å². The summed E-state index contributed by atoms with van der Waals surface area (Å²) in [4.78, 5) is 0. The van der Waals surface area contributed by atoms with Gasteiger partial charge in [0.2, 0.25) is 0 Å². The number of hydrogen-bond acceptors (Lipinski definition) is 1. The van der Waals surface area contributed by atoms with E-state index < -0.39 is 0 Å². The second-order valence-corrected chi connectivity index (χ2v) is 4.11. The molecule has 0 heterocycles. The van der Waals surface area contributed by atoms with Crippen molar-refractivity contribution in [3.8, 4) is 0 Å². The van der Waals surface area contributed by atoms with Crippen molar-refractivity contribution in [2.75, 3.05) is 6.54 Å². The third-order valence-electron chi connectivity index (χ3n) is 3.21. The third kappa shape index (κ3) is 1.98. The Morgan fingerprint density at radius 3 is 2.71 bits per heavy atom. The summed E-state index contributed by atoms with van der Waals surface area (Å²) in [6, 6.07) is 11.6. The van der Waals surface area contributed by atoms with Crippen LogP contribution < -0.4 is 5.32 Å². The highest BCUT2D eigenvalue weighted by Gasteiger charge is 2.27. The predicted molar refractivity (Wildman–Crippen MR) is 60.5 cm³/mol. The Kier molecular flexibility index (Phi) is 3.20. The molecule has 1 nitrogen and oxygen atoms in total. The van der Waals surface area contributed by atoms with E-state index in [0.717, 1.165) is 12.5 Å². The highest BCUT2D eigenvalue weighted by molar-refractivity contribution is 5.22. The molecule has 1 aromatic rings. The molecule has 1 N–H and O–H groups in total. The summed E-state index contributed by atoms with van der Waals surface area (Å²) in [7, 11) is 0. The maximum Gasteiger partial charge on any atom is 0.0136 e. The first-order valence-corrected chi connectivity index (χ1v) is 5.70. The number of hydrogen-bond donors (Lipinski definition) is 1. The molecule has 2 rings (SSSR count). The van der Waals surface area contributed by atoms with Crippen LogP contribution in [0.3, 0.4) is 0 Å². The van der Waals surface area contributed by atoms with Crippen LogP contribution in [-0.4, -0.2) is 12.6 Å². The third-order valence-corrected chi connectivity index (χ3v) is 3.21. The minimum absolute atomic E-state index is 0.711. The second kappa shape index (κ2) is 4.61. The minimum atomic E-state index is 0.711. The fourth-order valence-corrected chi connectivity index (χ4v) is 2.57. The molecule has 0 spiro atoms. The van der Waals surface area contributed by atoms with Gasteiger partial charge in [0.05, 0.1) is 0 Å². The summed E-state index contributed by atoms with van der Waals surface area (Å²) in [6.07, 6.45) is 4.06. The van der Waals surface area contributed by atoms with Crippen LogP contribution in [0.1, 0.15) is 37.7 Å². The van der Waals surface area contributed by atoms with Crippen molar-refractivity contribution in [1.82, 2.24) is 5.32 Å². The van der Waals surface area contributed by atoms with Gasteiger partial charge in [-0.05, 0) is 30.9 Å². The van der Waals surface area contributed by atoms with Crippen molar-refractivity contribution in [2.45, 2.75) is 38.1 Å². The lowest BCUT2D eigenvalue weighted by molar-refractivity contribution is 0.492. The van der Waals surface area contributed by atoms with E-state index in [4.69, 9.17) is 0 Å². The van der Waals surface area contributed by atoms with E-state index in [2.05, 4.69) is 42.6 Å². The second-order valence-electron chi connectivity index (χ2n) is 4.11. The molecule has 1 aliphatic carbocycles. The van der Waals surface area contributed by atoms with E-state index in [0.29, 0.717) is 6.04 Å². The normalized spacial score (nSPS) is 26.6. The van der Waals surface area contributed by atoms with Crippen LogP contribution in [0, 0.1) is 0 Å². The van der Waals surface area contributed by atoms with Crippen LogP contribution in [0.4, 0.5) is 0 Å². The van der Waals surface area contributed by atoms with Gasteiger partial charge in [0.1, 0.15) is 0 Å². The van der Waals surface area contributed by atoms with Crippen LogP contribution in [0.15, 0.2) is 30.3 Å². The first-order valence-electron chi connectivity index (χ1n) is 5.70. The molecule has 0 radical (unpaired) electrons. The molecular weight excluding hydrogens is 170 g/mol. The molecule has 0 saturated heterocycles. The van der Waals surface area contributed by atoms with Gasteiger partial charge >= 0.3 is 0 Å². The SMILES string of the molecule is CCN[C@@H]1CCC[C@H]1c1ccccc1. The van der Waals surface area contributed by atoms with Crippen LogP contribution >= 0.6 is 0 Å². The van der Waals surface area contributed by atoms with Gasteiger partial charge in [0, 0.05) is 6.04 Å². The van der Waals surface area contributed by atoms with Crippen molar-refractivity contribution < 1.29 is 0 Å². The zero-order chi connectivity index (χ0) is 9.80. The number of benzene rings is 1. The molecule has 14 heavy (non-hydrogen) atoms. The first-order chi connectivity index (χ1) is 6.92. The summed E-state index contributed by atoms with van der Waals surface area (Å²) >= 11 is 0. The van der Waals surface area contributed by atoms with Crippen molar-refractivity contribution in [3.05, 3.63) is 35.9 Å². The Hall–Kier alpha value is -0.820. The van der Waals surface area contributed by atoms with E-state index in [1.165, 1.54) is 24.8 Å². The van der Waals surface area contributed by atoms with Gasteiger partial charge in [-0.1, -0.05) is 43.7 Å². The van der Waals surface area contributed by atoms with Crippen LogP contribution in [0.5, 0.6) is 0 Å². The molecule has 1 heteroatoms. The quantitative estimate of drug-likeness (QED) is 0.771. The average Bonchev–Trinajstić information content (AvgIpc) is 2.68. The summed E-state index contributed by atoms with van der Waals surface area (Å²) in [5.41, 5.74) is 1.51. The van der Waals surface area contributed by atoms with E-state index >= 15 is 0 Å². The predicted octanol–water partition coefficient (Wildman–Crippen LogP) is 2.93. The Balaban J connectivity index is 2.10. The zero-order valence-corrected chi connectivity index (χ0v) is 8.87. The number of nitrogens with one attached hydrogen (secondary N) is 1. The van der Waals surface area contributed by atoms with Crippen LogP contribution in [-0.2, 0) is 0 Å². The van der Waals surface area contributed by atoms with Crippen molar-refractivity contribution in [3.63, 3.8) is 0 Å². The molecule has 0 bridgehead atoms. The maximum absolute atomic E-state index is 3.59. The molecule has 76 valence electrons. The molecule has 0 aromatic heterocycles. The summed E-state index contributed by atoms with van der Waals surface area (Å²) in [5, 5.41) is 3.59. The Morgan fingerprint density at radius 2 is 2.00 bits per heavy atom. The molecule has 0 aliphatic heterocycles. The molecule has 2 atom stereocenters. The monoisotopic (exact) mass is 189 g/mol. The lowest BCUT2D eigenvalue weighted by Crippen LogP contribution is -2.30. The lowest BCUT2D eigenvalue weighted by Gasteiger charge is -2.20. The molecule has 1 fully saturated rings. The minimum Gasteiger partial charge on any atom is -0.314 e. The summed E-state index contributed by atoms with van der Waals surface area (Å²) in [5.74, 6) is 0.746. The van der Waals surface area contributed by atoms with Crippen LogP contribution in [0.2, 0.25) is 0 Å². The van der Waals surface area contributed by atoms with E-state index in [1.807, 2.05) is 0 Å². The molecule has 1 saturated carbocycles. The van der Waals surface area contributed by atoms with Gasteiger partial charge in [-0.2, -0.15) is 0 Å². The van der Waals surface area contributed by atoms with Gasteiger partial charge in [-0.25, -0.2) is 0 Å². The fraction of sp³-hybridized carbons (Fsp3) is 0.538. The van der Waals surface area contributed by atoms with Gasteiger partial charge in [0.15, 0.2) is 0 Å². The average molecular weight is 189 g/mol. The molecule has 1 aromatic carbocycles. The zero-order valence-electron chi connectivity index (χ0n) is 8.87. The van der Waals surface area contributed by atoms with Crippen molar-refractivity contribution >= 4 is 0 Å². The summed E-state index contributed by atoms with van der Waals surface area (Å²) in [6.45, 7) is 3.29. The highest BCUT2D eigenvalue weighted by atomic mass is 14.9. The topological polar surface area (TPSA) is 12.0 Å². The van der Waals surface area contributed by atoms with E-state index in [1.54, 1.807) is 0 Å². The maximum atomic E-state index is 3.59. The number of rotatable bonds is 3. The molecule has 0 amide bonds. The van der Waals surface area contributed by atoms with Gasteiger partial charge < -0.3 is 5.32 Å². The number of likely N-dealkylation sites (N-methyl/N-ethyl adjacent to an activating group) is 1. The largest absolute Gasteiger partial charge is 0.314 e. The first kappa shape index (κ1) is 9.72. The Labute approximate surface area is 86.5 Å². The smallest absolute Gasteiger partial charge is 0.0136 e. The standard InChI is InChI=1S/C13H19N/c1-2-14-13-10-6-9-12(13)11-7-4-3-5-8-11/h3-5,7-8,12-14H,2,6,9-10H2,1H3/t12-,13+/m0/s1. The lowest BCUT2D eigenvalue weighted by atomic mass is 9.94.